The van der Waals surface area contributed by atoms with Crippen molar-refractivity contribution in [2.24, 2.45) is 0 Å². The Morgan fingerprint density at radius 2 is 1.46 bits per heavy atom. The Balaban J connectivity index is 1.64. The van der Waals surface area contributed by atoms with Crippen molar-refractivity contribution in [3.05, 3.63) is 108 Å². The number of hydrogen-bond acceptors (Lipinski definition) is 6. The summed E-state index contributed by atoms with van der Waals surface area (Å²) >= 11 is 0. The Bertz CT molecular complexity index is 1690. The quantitative estimate of drug-likeness (QED) is 0.217. The first-order valence-electron chi connectivity index (χ1n) is 12.9. The molecule has 8 heteroatoms. The summed E-state index contributed by atoms with van der Waals surface area (Å²) in [7, 11) is 3.16. The highest BCUT2D eigenvalue weighted by atomic mass is 16.5. The maximum Gasteiger partial charge on any atom is 0.309 e. The van der Waals surface area contributed by atoms with Gasteiger partial charge in [0, 0.05) is 29.8 Å². The number of amides is 1. The van der Waals surface area contributed by atoms with Gasteiger partial charge >= 0.3 is 5.97 Å². The van der Waals surface area contributed by atoms with E-state index in [4.69, 9.17) is 19.3 Å². The third-order valence-corrected chi connectivity index (χ3v) is 6.42. The topological polar surface area (TPSA) is 91.7 Å². The van der Waals surface area contributed by atoms with E-state index in [-0.39, 0.29) is 11.8 Å². The Kier molecular flexibility index (Phi) is 7.83. The van der Waals surface area contributed by atoms with Gasteiger partial charge in [-0.2, -0.15) is 9.78 Å². The van der Waals surface area contributed by atoms with E-state index >= 15 is 0 Å². The van der Waals surface area contributed by atoms with Crippen molar-refractivity contribution in [3.8, 4) is 45.5 Å². The fraction of sp³-hybridized carbons (Fsp3) is 0.121. The van der Waals surface area contributed by atoms with Crippen molar-refractivity contribution in [2.45, 2.75) is 13.8 Å². The van der Waals surface area contributed by atoms with Gasteiger partial charge in [0.1, 0.15) is 17.2 Å². The summed E-state index contributed by atoms with van der Waals surface area (Å²) in [4.78, 5) is 25.1. The number of nitrogens with zero attached hydrogens (tertiary/aromatic N) is 2. The number of anilines is 1. The predicted octanol–water partition coefficient (Wildman–Crippen LogP) is 6.71. The van der Waals surface area contributed by atoms with Gasteiger partial charge in [0.15, 0.2) is 0 Å². The van der Waals surface area contributed by atoms with Gasteiger partial charge in [-0.15, -0.1) is 0 Å². The molecule has 5 rings (SSSR count). The lowest BCUT2D eigenvalue weighted by Gasteiger charge is -2.11. The van der Waals surface area contributed by atoms with Gasteiger partial charge in [-0.3, -0.25) is 9.59 Å². The summed E-state index contributed by atoms with van der Waals surface area (Å²) in [6.07, 6.45) is 0. The molecule has 1 aromatic heterocycles. The number of benzene rings is 4. The van der Waals surface area contributed by atoms with Crippen LogP contribution < -0.4 is 19.5 Å². The lowest BCUT2D eigenvalue weighted by molar-refractivity contribution is -0.132. The lowest BCUT2D eigenvalue weighted by atomic mass is 10.0. The number of aryl methyl sites for hydroxylation is 1. The summed E-state index contributed by atoms with van der Waals surface area (Å²) in [5, 5.41) is 7.85. The highest BCUT2D eigenvalue weighted by Crippen LogP contribution is 2.43. The fourth-order valence-electron chi connectivity index (χ4n) is 4.49. The van der Waals surface area contributed by atoms with Crippen LogP contribution in [0.25, 0.3) is 28.1 Å². The number of hydrogen-bond donors (Lipinski definition) is 1. The summed E-state index contributed by atoms with van der Waals surface area (Å²) in [6.45, 7) is 3.29. The molecule has 0 bridgehead atoms. The normalized spacial score (nSPS) is 10.6. The minimum atomic E-state index is -0.486. The standard InChI is InChI=1S/C33H29N3O5/c1-21-9-8-10-24(17-21)32(38)34-26-15-13-23(14-16-26)30-31(25-18-28(39-3)20-29(19-25)40-4)35-36(33(30)41-22(2)37)27-11-6-5-7-12-27/h5-20H,1-4H3,(H,34,38). The summed E-state index contributed by atoms with van der Waals surface area (Å²) in [5.41, 5.74) is 5.50. The Morgan fingerprint density at radius 3 is 2.07 bits per heavy atom. The van der Waals surface area contributed by atoms with E-state index in [0.29, 0.717) is 45.3 Å². The zero-order valence-corrected chi connectivity index (χ0v) is 23.2. The third-order valence-electron chi connectivity index (χ3n) is 6.42. The van der Waals surface area contributed by atoms with Crippen LogP contribution in [0, 0.1) is 6.92 Å². The van der Waals surface area contributed by atoms with E-state index in [1.54, 1.807) is 43.2 Å². The SMILES string of the molecule is COc1cc(OC)cc(-c2nn(-c3ccccc3)c(OC(C)=O)c2-c2ccc(NC(=O)c3cccc(C)c3)cc2)c1. The summed E-state index contributed by atoms with van der Waals surface area (Å²) in [6, 6.07) is 29.6. The van der Waals surface area contributed by atoms with Crippen molar-refractivity contribution >= 4 is 17.6 Å². The monoisotopic (exact) mass is 547 g/mol. The molecule has 0 saturated heterocycles. The average molecular weight is 548 g/mol. The maximum atomic E-state index is 12.8. The van der Waals surface area contributed by atoms with Crippen molar-refractivity contribution in [1.82, 2.24) is 9.78 Å². The predicted molar refractivity (Wildman–Crippen MR) is 158 cm³/mol. The number of ether oxygens (including phenoxy) is 3. The van der Waals surface area contributed by atoms with Crippen LogP contribution in [0.1, 0.15) is 22.8 Å². The van der Waals surface area contributed by atoms with Crippen molar-refractivity contribution < 1.29 is 23.8 Å². The summed E-state index contributed by atoms with van der Waals surface area (Å²) < 4.78 is 18.4. The molecule has 0 spiro atoms. The van der Waals surface area contributed by atoms with Gasteiger partial charge in [0.25, 0.3) is 5.91 Å². The number of rotatable bonds is 8. The van der Waals surface area contributed by atoms with Gasteiger partial charge in [-0.05, 0) is 61.0 Å². The molecule has 0 aliphatic heterocycles. The van der Waals surface area contributed by atoms with Crippen molar-refractivity contribution in [2.75, 3.05) is 19.5 Å². The molecule has 0 saturated carbocycles. The van der Waals surface area contributed by atoms with Crippen LogP contribution >= 0.6 is 0 Å². The molecule has 1 heterocycles. The molecule has 1 N–H and O–H groups in total. The van der Waals surface area contributed by atoms with Crippen molar-refractivity contribution in [1.29, 1.82) is 0 Å². The highest BCUT2D eigenvalue weighted by Gasteiger charge is 2.25. The second kappa shape index (κ2) is 11.8. The molecular formula is C33H29N3O5. The molecule has 0 aliphatic rings. The van der Waals surface area contributed by atoms with Crippen LogP contribution in [-0.4, -0.2) is 35.9 Å². The third kappa shape index (κ3) is 5.96. The zero-order chi connectivity index (χ0) is 28.9. The van der Waals surface area contributed by atoms with Crippen LogP contribution in [0.5, 0.6) is 17.4 Å². The molecule has 0 fully saturated rings. The first-order valence-corrected chi connectivity index (χ1v) is 12.9. The Labute approximate surface area is 238 Å². The number of nitrogens with one attached hydrogen (secondary N) is 1. The molecule has 41 heavy (non-hydrogen) atoms. The van der Waals surface area contributed by atoms with E-state index in [1.165, 1.54) is 6.92 Å². The lowest BCUT2D eigenvalue weighted by Crippen LogP contribution is -2.11. The molecule has 0 atom stereocenters. The molecular weight excluding hydrogens is 518 g/mol. The van der Waals surface area contributed by atoms with Crippen LogP contribution in [0.2, 0.25) is 0 Å². The minimum Gasteiger partial charge on any atom is -0.497 e. The van der Waals surface area contributed by atoms with E-state index in [9.17, 15) is 9.59 Å². The number of methoxy groups -OCH3 is 2. The fourth-order valence-corrected chi connectivity index (χ4v) is 4.49. The molecule has 1 amide bonds. The molecule has 206 valence electrons. The average Bonchev–Trinajstić information content (AvgIpc) is 3.36. The van der Waals surface area contributed by atoms with Crippen molar-refractivity contribution in [3.63, 3.8) is 0 Å². The number of para-hydroxylation sites is 1. The first kappa shape index (κ1) is 27.2. The van der Waals surface area contributed by atoms with Crippen LogP contribution in [-0.2, 0) is 4.79 Å². The highest BCUT2D eigenvalue weighted by molar-refractivity contribution is 6.04. The number of carbonyl (C=O) groups is 2. The largest absolute Gasteiger partial charge is 0.497 e. The van der Waals surface area contributed by atoms with Gasteiger partial charge in [-0.25, -0.2) is 0 Å². The molecule has 0 aliphatic carbocycles. The second-order valence-electron chi connectivity index (χ2n) is 9.37. The molecule has 8 nitrogen and oxygen atoms in total. The minimum absolute atomic E-state index is 0.205. The second-order valence-corrected chi connectivity index (χ2v) is 9.37. The van der Waals surface area contributed by atoms with Crippen LogP contribution in [0.15, 0.2) is 97.1 Å². The molecule has 0 unspecified atom stereocenters. The first-order chi connectivity index (χ1) is 19.9. The number of carbonyl (C=O) groups excluding carboxylic acids is 2. The molecule has 4 aromatic carbocycles. The van der Waals surface area contributed by atoms with Gasteiger partial charge in [-0.1, -0.05) is 48.0 Å². The van der Waals surface area contributed by atoms with E-state index in [2.05, 4.69) is 5.32 Å². The zero-order valence-electron chi connectivity index (χ0n) is 23.2. The van der Waals surface area contributed by atoms with Gasteiger partial charge in [0.05, 0.1) is 25.5 Å². The van der Waals surface area contributed by atoms with Gasteiger partial charge < -0.3 is 19.5 Å². The summed E-state index contributed by atoms with van der Waals surface area (Å²) in [5.74, 6) is 0.742. The Morgan fingerprint density at radius 1 is 0.780 bits per heavy atom. The smallest absolute Gasteiger partial charge is 0.309 e. The maximum absolute atomic E-state index is 12.8. The molecule has 5 aromatic rings. The van der Waals surface area contributed by atoms with Crippen LogP contribution in [0.3, 0.4) is 0 Å². The number of esters is 1. The van der Waals surface area contributed by atoms with E-state index in [1.807, 2.05) is 79.7 Å². The molecule has 0 radical (unpaired) electrons. The van der Waals surface area contributed by atoms with E-state index < -0.39 is 5.97 Å². The van der Waals surface area contributed by atoms with Gasteiger partial charge in [0.2, 0.25) is 5.88 Å². The Hall–Kier alpha value is -5.37. The number of aromatic nitrogens is 2. The van der Waals surface area contributed by atoms with E-state index in [0.717, 1.165) is 11.1 Å². The van der Waals surface area contributed by atoms with Crippen LogP contribution in [0.4, 0.5) is 5.69 Å².